The zero-order chi connectivity index (χ0) is 19.3. The summed E-state index contributed by atoms with van der Waals surface area (Å²) in [7, 11) is 0. The number of rotatable bonds is 6. The fourth-order valence-corrected chi connectivity index (χ4v) is 3.98. The summed E-state index contributed by atoms with van der Waals surface area (Å²) in [5.74, 6) is 0.145. The van der Waals surface area contributed by atoms with Crippen molar-refractivity contribution in [3.8, 4) is 0 Å². The van der Waals surface area contributed by atoms with Crippen LogP contribution in [0.2, 0.25) is 0 Å². The van der Waals surface area contributed by atoms with Gasteiger partial charge in [-0.1, -0.05) is 42.5 Å². The van der Waals surface area contributed by atoms with Crippen LogP contribution >= 0.6 is 0 Å². The van der Waals surface area contributed by atoms with E-state index >= 15 is 0 Å². The average Bonchev–Trinajstić information content (AvgIpc) is 3.26. The van der Waals surface area contributed by atoms with Gasteiger partial charge in [-0.25, -0.2) is 4.98 Å². The average molecular weight is 376 g/mol. The lowest BCUT2D eigenvalue weighted by Crippen LogP contribution is -2.42. The number of amides is 1. The Morgan fingerprint density at radius 1 is 1.11 bits per heavy atom. The van der Waals surface area contributed by atoms with Crippen LogP contribution in [0.1, 0.15) is 36.0 Å². The van der Waals surface area contributed by atoms with E-state index in [-0.39, 0.29) is 17.6 Å². The summed E-state index contributed by atoms with van der Waals surface area (Å²) in [5.41, 5.74) is 0.767. The fourth-order valence-electron chi connectivity index (χ4n) is 3.98. The van der Waals surface area contributed by atoms with Crippen LogP contribution in [0, 0.1) is 5.92 Å². The molecule has 28 heavy (non-hydrogen) atoms. The first kappa shape index (κ1) is 18.3. The largest absolute Gasteiger partial charge is 0.342 e. The topological polar surface area (TPSA) is 68.1 Å². The van der Waals surface area contributed by atoms with Crippen molar-refractivity contribution in [1.82, 2.24) is 19.7 Å². The van der Waals surface area contributed by atoms with Crippen molar-refractivity contribution in [2.45, 2.75) is 32.2 Å². The molecular weight excluding hydrogens is 352 g/mol. The van der Waals surface area contributed by atoms with Gasteiger partial charge in [-0.2, -0.15) is 5.10 Å². The van der Waals surface area contributed by atoms with E-state index < -0.39 is 0 Å². The molecule has 1 saturated heterocycles. The van der Waals surface area contributed by atoms with Crippen molar-refractivity contribution in [2.75, 3.05) is 13.1 Å². The van der Waals surface area contributed by atoms with Crippen molar-refractivity contribution < 1.29 is 9.59 Å². The second-order valence-electron chi connectivity index (χ2n) is 7.33. The molecule has 0 radical (unpaired) electrons. The molecule has 1 amide bonds. The Morgan fingerprint density at radius 3 is 2.82 bits per heavy atom. The normalized spacial score (nSPS) is 17.0. The number of hydrogen-bond acceptors (Lipinski definition) is 4. The highest BCUT2D eigenvalue weighted by Crippen LogP contribution is 2.26. The zero-order valence-electron chi connectivity index (χ0n) is 15.8. The first-order chi connectivity index (χ1) is 13.7. The van der Waals surface area contributed by atoms with Crippen LogP contribution in [0.3, 0.4) is 0 Å². The number of aromatic nitrogens is 3. The maximum Gasteiger partial charge on any atom is 0.222 e. The van der Waals surface area contributed by atoms with Crippen LogP contribution in [-0.2, 0) is 11.3 Å². The molecule has 0 aliphatic carbocycles. The molecule has 0 bridgehead atoms. The van der Waals surface area contributed by atoms with E-state index in [1.54, 1.807) is 11.0 Å². The van der Waals surface area contributed by atoms with Crippen LogP contribution in [-0.4, -0.2) is 44.4 Å². The molecule has 0 unspecified atom stereocenters. The van der Waals surface area contributed by atoms with Crippen LogP contribution in [0.15, 0.2) is 55.1 Å². The van der Waals surface area contributed by atoms with Gasteiger partial charge in [0.25, 0.3) is 0 Å². The van der Waals surface area contributed by atoms with Crippen LogP contribution in [0.5, 0.6) is 0 Å². The van der Waals surface area contributed by atoms with Gasteiger partial charge in [-0.3, -0.25) is 14.3 Å². The Balaban J connectivity index is 1.40. The van der Waals surface area contributed by atoms with E-state index in [9.17, 15) is 9.59 Å². The van der Waals surface area contributed by atoms with E-state index in [1.807, 2.05) is 47.4 Å². The maximum absolute atomic E-state index is 13.2. The van der Waals surface area contributed by atoms with Gasteiger partial charge in [0.05, 0.1) is 0 Å². The Morgan fingerprint density at radius 2 is 1.96 bits per heavy atom. The van der Waals surface area contributed by atoms with Gasteiger partial charge in [0.15, 0.2) is 5.78 Å². The fraction of sp³-hybridized carbons (Fsp3) is 0.364. The highest BCUT2D eigenvalue weighted by Gasteiger charge is 2.29. The Labute approximate surface area is 164 Å². The quantitative estimate of drug-likeness (QED) is 0.619. The van der Waals surface area contributed by atoms with Crippen molar-refractivity contribution in [1.29, 1.82) is 0 Å². The molecule has 0 saturated carbocycles. The summed E-state index contributed by atoms with van der Waals surface area (Å²) in [5, 5.41) is 6.12. The van der Waals surface area contributed by atoms with Gasteiger partial charge in [-0.05, 0) is 30.0 Å². The molecular formula is C22H24N4O2. The minimum absolute atomic E-state index is 0.121. The van der Waals surface area contributed by atoms with Crippen molar-refractivity contribution in [3.05, 3.63) is 60.7 Å². The minimum atomic E-state index is -0.126. The van der Waals surface area contributed by atoms with Crippen molar-refractivity contribution in [3.63, 3.8) is 0 Å². The van der Waals surface area contributed by atoms with E-state index in [0.717, 1.165) is 42.1 Å². The first-order valence-electron chi connectivity index (χ1n) is 9.84. The van der Waals surface area contributed by atoms with E-state index in [0.29, 0.717) is 19.5 Å². The molecule has 1 aromatic heterocycles. The standard InChI is InChI=1S/C22H24N4O2/c27-21(11-5-13-26-16-23-15-24-26)25-12-4-8-18(14-25)22(28)20-10-3-7-17-6-1-2-9-19(17)20/h1-3,6-7,9-10,15-16,18H,4-5,8,11-14H2/t18-/m1/s1. The van der Waals surface area contributed by atoms with Gasteiger partial charge in [-0.15, -0.1) is 0 Å². The molecule has 2 aromatic carbocycles. The monoisotopic (exact) mass is 376 g/mol. The highest BCUT2D eigenvalue weighted by molar-refractivity contribution is 6.09. The lowest BCUT2D eigenvalue weighted by atomic mass is 9.88. The molecule has 0 N–H and O–H groups in total. The molecule has 3 aromatic rings. The van der Waals surface area contributed by atoms with Gasteiger partial charge < -0.3 is 4.90 Å². The second kappa shape index (κ2) is 8.33. The van der Waals surface area contributed by atoms with Gasteiger partial charge in [0, 0.05) is 37.5 Å². The van der Waals surface area contributed by atoms with Crippen LogP contribution in [0.4, 0.5) is 0 Å². The van der Waals surface area contributed by atoms with Gasteiger partial charge in [0.1, 0.15) is 12.7 Å². The summed E-state index contributed by atoms with van der Waals surface area (Å²) in [6.07, 6.45) is 6.05. The SMILES string of the molecule is O=C(c1cccc2ccccc12)[C@@H]1CCCN(C(=O)CCCn2cncn2)C1. The Kier molecular flexibility index (Phi) is 5.46. The lowest BCUT2D eigenvalue weighted by Gasteiger charge is -2.32. The van der Waals surface area contributed by atoms with E-state index in [4.69, 9.17) is 0 Å². The summed E-state index contributed by atoms with van der Waals surface area (Å²) in [4.78, 5) is 31.6. The molecule has 0 spiro atoms. The number of hydrogen-bond donors (Lipinski definition) is 0. The summed E-state index contributed by atoms with van der Waals surface area (Å²) in [6.45, 7) is 1.93. The van der Waals surface area contributed by atoms with Crippen molar-refractivity contribution >= 4 is 22.5 Å². The van der Waals surface area contributed by atoms with Crippen LogP contribution < -0.4 is 0 Å². The number of piperidine rings is 1. The number of Topliss-reactive ketones (excluding diaryl/α,β-unsaturated/α-hetero) is 1. The molecule has 144 valence electrons. The number of carbonyl (C=O) groups excluding carboxylic acids is 2. The number of fused-ring (bicyclic) bond motifs is 1. The molecule has 6 heteroatoms. The minimum Gasteiger partial charge on any atom is -0.342 e. The maximum atomic E-state index is 13.2. The molecule has 4 rings (SSSR count). The number of likely N-dealkylation sites (tertiary alicyclic amines) is 1. The van der Waals surface area contributed by atoms with Gasteiger partial charge >= 0.3 is 0 Å². The molecule has 1 fully saturated rings. The number of benzene rings is 2. The number of aryl methyl sites for hydroxylation is 1. The summed E-state index contributed by atoms with van der Waals surface area (Å²) < 4.78 is 1.73. The molecule has 1 aliphatic heterocycles. The third-order valence-corrected chi connectivity index (χ3v) is 5.44. The Bertz CT molecular complexity index is 962. The molecule has 1 aliphatic rings. The van der Waals surface area contributed by atoms with Gasteiger partial charge in [0.2, 0.25) is 5.91 Å². The summed E-state index contributed by atoms with van der Waals surface area (Å²) >= 11 is 0. The third kappa shape index (κ3) is 3.96. The smallest absolute Gasteiger partial charge is 0.222 e. The second-order valence-corrected chi connectivity index (χ2v) is 7.33. The number of ketones is 1. The van der Waals surface area contributed by atoms with E-state index in [1.165, 1.54) is 6.33 Å². The zero-order valence-corrected chi connectivity index (χ0v) is 15.8. The highest BCUT2D eigenvalue weighted by atomic mass is 16.2. The number of nitrogens with zero attached hydrogens (tertiary/aromatic N) is 4. The molecule has 6 nitrogen and oxygen atoms in total. The molecule has 1 atom stereocenters. The predicted octanol–water partition coefficient (Wildman–Crippen LogP) is 3.33. The third-order valence-electron chi connectivity index (χ3n) is 5.44. The predicted molar refractivity (Wildman–Crippen MR) is 107 cm³/mol. The number of carbonyl (C=O) groups is 2. The van der Waals surface area contributed by atoms with Crippen molar-refractivity contribution in [2.24, 2.45) is 5.92 Å². The molecule has 2 heterocycles. The van der Waals surface area contributed by atoms with Crippen LogP contribution in [0.25, 0.3) is 10.8 Å². The first-order valence-corrected chi connectivity index (χ1v) is 9.84. The lowest BCUT2D eigenvalue weighted by molar-refractivity contribution is -0.132. The summed E-state index contributed by atoms with van der Waals surface area (Å²) in [6, 6.07) is 13.8. The van der Waals surface area contributed by atoms with E-state index in [2.05, 4.69) is 10.1 Å². The Hall–Kier alpha value is -3.02.